The van der Waals surface area contributed by atoms with E-state index in [2.05, 4.69) is 10.2 Å². The molecule has 0 aromatic heterocycles. The molecule has 0 bridgehead atoms. The molecule has 1 amide bonds. The van der Waals surface area contributed by atoms with Gasteiger partial charge in [-0.3, -0.25) is 4.84 Å². The van der Waals surface area contributed by atoms with Gasteiger partial charge >= 0.3 is 6.09 Å². The zero-order valence-electron chi connectivity index (χ0n) is 7.37. The Morgan fingerprint density at radius 2 is 2.25 bits per heavy atom. The van der Waals surface area contributed by atoms with Gasteiger partial charge in [-0.1, -0.05) is 13.8 Å². The van der Waals surface area contributed by atoms with Gasteiger partial charge in [0.25, 0.3) is 0 Å². The Kier molecular flexibility index (Phi) is 6.41. The molecule has 2 N–H and O–H groups in total. The second kappa shape index (κ2) is 6.87. The number of amides is 1. The van der Waals surface area contributed by atoms with Crippen LogP contribution in [0.1, 0.15) is 13.8 Å². The Labute approximate surface area is 71.6 Å². The molecule has 0 aliphatic rings. The van der Waals surface area contributed by atoms with Gasteiger partial charge in [-0.2, -0.15) is 5.48 Å². The topological polar surface area (TPSA) is 67.8 Å². The van der Waals surface area contributed by atoms with E-state index in [1.165, 1.54) is 0 Å². The van der Waals surface area contributed by atoms with Crippen molar-refractivity contribution in [3.8, 4) is 0 Å². The molecule has 72 valence electrons. The third-order valence-corrected chi connectivity index (χ3v) is 0.897. The van der Waals surface area contributed by atoms with Crippen LogP contribution in [0.5, 0.6) is 0 Å². The van der Waals surface area contributed by atoms with Crippen molar-refractivity contribution in [3.63, 3.8) is 0 Å². The zero-order chi connectivity index (χ0) is 9.40. The molecule has 0 aromatic rings. The molecule has 0 saturated carbocycles. The van der Waals surface area contributed by atoms with Crippen LogP contribution in [0.15, 0.2) is 0 Å². The molecule has 0 aliphatic carbocycles. The molecule has 0 heterocycles. The predicted octanol–water partition coefficient (Wildman–Crippen LogP) is 0.292. The summed E-state index contributed by atoms with van der Waals surface area (Å²) in [6.07, 6.45) is -0.676. The molecule has 0 fully saturated rings. The lowest BCUT2D eigenvalue weighted by Crippen LogP contribution is -2.27. The summed E-state index contributed by atoms with van der Waals surface area (Å²) in [7, 11) is 0. The molecule has 0 unspecified atom stereocenters. The summed E-state index contributed by atoms with van der Waals surface area (Å²) in [6.45, 7) is 4.16. The molecule has 5 nitrogen and oxygen atoms in total. The van der Waals surface area contributed by atoms with Crippen molar-refractivity contribution in [3.05, 3.63) is 0 Å². The van der Waals surface area contributed by atoms with E-state index in [1.807, 2.05) is 13.8 Å². The van der Waals surface area contributed by atoms with E-state index in [9.17, 15) is 4.79 Å². The van der Waals surface area contributed by atoms with Crippen LogP contribution in [0.3, 0.4) is 0 Å². The minimum Gasteiger partial charge on any atom is -0.446 e. The lowest BCUT2D eigenvalue weighted by atomic mass is 10.2. The monoisotopic (exact) mass is 177 g/mol. The minimum absolute atomic E-state index is 0.0170. The number of ether oxygens (including phenoxy) is 1. The Hall–Kier alpha value is -0.810. The Bertz CT molecular complexity index is 127. The first-order chi connectivity index (χ1) is 5.66. The van der Waals surface area contributed by atoms with E-state index < -0.39 is 6.09 Å². The lowest BCUT2D eigenvalue weighted by molar-refractivity contribution is 0.0119. The molecular weight excluding hydrogens is 162 g/mol. The third kappa shape index (κ3) is 7.30. The number of carbonyl (C=O) groups excluding carboxylic acids is 1. The molecule has 0 aliphatic heterocycles. The molecular formula is C7H15NO4. The number of aliphatic hydroxyl groups excluding tert-OH is 1. The predicted molar refractivity (Wildman–Crippen MR) is 42.4 cm³/mol. The van der Waals surface area contributed by atoms with Gasteiger partial charge < -0.3 is 9.84 Å². The van der Waals surface area contributed by atoms with Crippen molar-refractivity contribution >= 4 is 6.09 Å². The largest absolute Gasteiger partial charge is 0.446 e. The summed E-state index contributed by atoms with van der Waals surface area (Å²) >= 11 is 0. The smallest absolute Gasteiger partial charge is 0.431 e. The van der Waals surface area contributed by atoms with Gasteiger partial charge in [0.1, 0.15) is 6.61 Å². The number of carbonyl (C=O) groups is 1. The number of aliphatic hydroxyl groups is 1. The first kappa shape index (κ1) is 11.2. The Morgan fingerprint density at radius 1 is 1.58 bits per heavy atom. The summed E-state index contributed by atoms with van der Waals surface area (Å²) in [5.74, 6) is 0.350. The summed E-state index contributed by atoms with van der Waals surface area (Å²) in [5.41, 5.74) is 2.08. The Balaban J connectivity index is 3.20. The van der Waals surface area contributed by atoms with E-state index in [0.29, 0.717) is 12.5 Å². The number of hydrogen-bond donors (Lipinski definition) is 2. The van der Waals surface area contributed by atoms with Gasteiger partial charge in [-0.15, -0.1) is 0 Å². The number of hydroxylamine groups is 1. The van der Waals surface area contributed by atoms with Crippen molar-refractivity contribution in [2.45, 2.75) is 13.8 Å². The second-order valence-corrected chi connectivity index (χ2v) is 2.67. The van der Waals surface area contributed by atoms with Crippen LogP contribution in [-0.4, -0.2) is 31.0 Å². The fourth-order valence-electron chi connectivity index (χ4n) is 0.435. The molecule has 0 aromatic carbocycles. The lowest BCUT2D eigenvalue weighted by Gasteiger charge is -2.07. The van der Waals surface area contributed by atoms with Crippen LogP contribution >= 0.6 is 0 Å². The molecule has 0 radical (unpaired) electrons. The maximum Gasteiger partial charge on any atom is 0.431 e. The van der Waals surface area contributed by atoms with Crippen molar-refractivity contribution in [1.82, 2.24) is 5.48 Å². The highest BCUT2D eigenvalue weighted by Crippen LogP contribution is 1.89. The minimum atomic E-state index is -0.676. The summed E-state index contributed by atoms with van der Waals surface area (Å²) in [5, 5.41) is 8.28. The maximum atomic E-state index is 10.6. The summed E-state index contributed by atoms with van der Waals surface area (Å²) in [6, 6.07) is 0. The molecule has 0 atom stereocenters. The highest BCUT2D eigenvalue weighted by molar-refractivity contribution is 5.65. The van der Waals surface area contributed by atoms with Crippen molar-refractivity contribution in [1.29, 1.82) is 0 Å². The first-order valence-corrected chi connectivity index (χ1v) is 3.82. The SMILES string of the molecule is CC(C)CONC(=O)OCCO. The molecule has 5 heteroatoms. The summed E-state index contributed by atoms with van der Waals surface area (Å²) in [4.78, 5) is 15.4. The normalized spacial score (nSPS) is 10.0. The standard InChI is InChI=1S/C7H15NO4/c1-6(2)5-12-8-7(10)11-4-3-9/h6,9H,3-5H2,1-2H3,(H,8,10). The quantitative estimate of drug-likeness (QED) is 0.592. The second-order valence-electron chi connectivity index (χ2n) is 2.67. The first-order valence-electron chi connectivity index (χ1n) is 3.82. The molecule has 12 heavy (non-hydrogen) atoms. The highest BCUT2D eigenvalue weighted by atomic mass is 16.7. The fourth-order valence-corrected chi connectivity index (χ4v) is 0.435. The van der Waals surface area contributed by atoms with E-state index >= 15 is 0 Å². The number of rotatable bonds is 5. The van der Waals surface area contributed by atoms with Gasteiger partial charge in [-0.05, 0) is 5.92 Å². The van der Waals surface area contributed by atoms with Crippen LogP contribution in [0.25, 0.3) is 0 Å². The van der Waals surface area contributed by atoms with Crippen LogP contribution in [0, 0.1) is 5.92 Å². The van der Waals surface area contributed by atoms with Crippen molar-refractivity contribution < 1.29 is 19.5 Å². The molecule has 0 saturated heterocycles. The number of hydrogen-bond acceptors (Lipinski definition) is 4. The molecule has 0 spiro atoms. The van der Waals surface area contributed by atoms with Gasteiger partial charge in [0.15, 0.2) is 0 Å². The number of nitrogens with one attached hydrogen (secondary N) is 1. The van der Waals surface area contributed by atoms with Gasteiger partial charge in [0.2, 0.25) is 0 Å². The van der Waals surface area contributed by atoms with Crippen LogP contribution < -0.4 is 5.48 Å². The van der Waals surface area contributed by atoms with E-state index in [1.54, 1.807) is 0 Å². The van der Waals surface area contributed by atoms with Crippen LogP contribution in [0.4, 0.5) is 4.79 Å². The third-order valence-electron chi connectivity index (χ3n) is 0.897. The van der Waals surface area contributed by atoms with Gasteiger partial charge in [0, 0.05) is 0 Å². The maximum absolute atomic E-state index is 10.6. The average molecular weight is 177 g/mol. The van der Waals surface area contributed by atoms with E-state index in [4.69, 9.17) is 9.94 Å². The fraction of sp³-hybridized carbons (Fsp3) is 0.857. The Morgan fingerprint density at radius 3 is 2.75 bits per heavy atom. The molecule has 0 rings (SSSR count). The van der Waals surface area contributed by atoms with Crippen molar-refractivity contribution in [2.24, 2.45) is 5.92 Å². The average Bonchev–Trinajstić information content (AvgIpc) is 2.00. The van der Waals surface area contributed by atoms with E-state index in [0.717, 1.165) is 0 Å². The van der Waals surface area contributed by atoms with E-state index in [-0.39, 0.29) is 13.2 Å². The van der Waals surface area contributed by atoms with Gasteiger partial charge in [-0.25, -0.2) is 4.79 Å². The van der Waals surface area contributed by atoms with Gasteiger partial charge in [0.05, 0.1) is 13.2 Å². The van der Waals surface area contributed by atoms with Crippen LogP contribution in [-0.2, 0) is 9.57 Å². The highest BCUT2D eigenvalue weighted by Gasteiger charge is 2.00. The van der Waals surface area contributed by atoms with Crippen molar-refractivity contribution in [2.75, 3.05) is 19.8 Å². The zero-order valence-corrected chi connectivity index (χ0v) is 7.37. The van der Waals surface area contributed by atoms with Crippen LogP contribution in [0.2, 0.25) is 0 Å². The summed E-state index contributed by atoms with van der Waals surface area (Å²) < 4.78 is 4.45.